The van der Waals surface area contributed by atoms with Crippen molar-refractivity contribution >= 4 is 15.8 Å². The third-order valence-electron chi connectivity index (χ3n) is 4.86. The number of hydrogen-bond acceptors (Lipinski definition) is 5. The number of nitrogens with one attached hydrogen (secondary N) is 1. The van der Waals surface area contributed by atoms with E-state index in [9.17, 15) is 8.42 Å². The molecule has 2 rings (SSSR count). The molecule has 1 aromatic rings. The molecule has 1 aliphatic heterocycles. The van der Waals surface area contributed by atoms with Crippen molar-refractivity contribution in [2.75, 3.05) is 45.6 Å². The minimum Gasteiger partial charge on any atom is -0.490 e. The first kappa shape index (κ1) is 22.3. The molecule has 7 nitrogen and oxygen atoms in total. The predicted molar refractivity (Wildman–Crippen MR) is 113 cm³/mol. The van der Waals surface area contributed by atoms with Crippen LogP contribution < -0.4 is 14.8 Å². The Kier molecular flexibility index (Phi) is 7.57. The SMILES string of the molecule is CCOc1ccc(CCNC(=NC)N2CCS(=O)(=O)C(C)(C)C2)cc1OCC. The van der Waals surface area contributed by atoms with E-state index in [2.05, 4.69) is 10.3 Å². The molecule has 0 aromatic heterocycles. The summed E-state index contributed by atoms with van der Waals surface area (Å²) < 4.78 is 34.9. The summed E-state index contributed by atoms with van der Waals surface area (Å²) in [7, 11) is -1.34. The van der Waals surface area contributed by atoms with E-state index in [1.165, 1.54) is 0 Å². The Hall–Kier alpha value is -1.96. The average Bonchev–Trinajstić information content (AvgIpc) is 2.64. The summed E-state index contributed by atoms with van der Waals surface area (Å²) in [5.41, 5.74) is 1.14. The Bertz CT molecular complexity index is 791. The molecule has 0 saturated carbocycles. The van der Waals surface area contributed by atoms with E-state index in [1.54, 1.807) is 20.9 Å². The van der Waals surface area contributed by atoms with Gasteiger partial charge in [0.15, 0.2) is 27.3 Å². The van der Waals surface area contributed by atoms with Gasteiger partial charge in [0.2, 0.25) is 0 Å². The van der Waals surface area contributed by atoms with Crippen molar-refractivity contribution in [3.05, 3.63) is 23.8 Å². The number of guanidine groups is 1. The molecule has 1 heterocycles. The van der Waals surface area contributed by atoms with Gasteiger partial charge >= 0.3 is 0 Å². The summed E-state index contributed by atoms with van der Waals surface area (Å²) in [4.78, 5) is 6.35. The number of nitrogens with zero attached hydrogens (tertiary/aromatic N) is 2. The molecule has 28 heavy (non-hydrogen) atoms. The third-order valence-corrected chi connectivity index (χ3v) is 7.39. The van der Waals surface area contributed by atoms with E-state index in [0.717, 1.165) is 29.4 Å². The van der Waals surface area contributed by atoms with Gasteiger partial charge in [0.05, 0.1) is 23.7 Å². The molecule has 8 heteroatoms. The lowest BCUT2D eigenvalue weighted by Gasteiger charge is -2.39. The minimum atomic E-state index is -3.07. The van der Waals surface area contributed by atoms with Crippen LogP contribution in [0.15, 0.2) is 23.2 Å². The van der Waals surface area contributed by atoms with Crippen molar-refractivity contribution in [3.8, 4) is 11.5 Å². The fourth-order valence-corrected chi connectivity index (χ4v) is 4.59. The monoisotopic (exact) mass is 411 g/mol. The molecule has 1 fully saturated rings. The zero-order valence-electron chi connectivity index (χ0n) is 17.6. The summed E-state index contributed by atoms with van der Waals surface area (Å²) in [5.74, 6) is 2.40. The number of sulfone groups is 1. The standard InChI is InChI=1S/C20H33N3O4S/c1-6-26-17-9-8-16(14-18(17)27-7-2)10-11-22-19(21-5)23-12-13-28(24,25)20(3,4)15-23/h8-9,14H,6-7,10-13,15H2,1-5H3,(H,21,22). The van der Waals surface area contributed by atoms with E-state index < -0.39 is 14.6 Å². The Morgan fingerprint density at radius 3 is 2.50 bits per heavy atom. The topological polar surface area (TPSA) is 80.2 Å². The number of ether oxygens (including phenoxy) is 2. The fraction of sp³-hybridized carbons (Fsp3) is 0.650. The van der Waals surface area contributed by atoms with Crippen molar-refractivity contribution in [2.24, 2.45) is 4.99 Å². The Labute approximate surface area is 169 Å². The molecule has 1 aromatic carbocycles. The first-order chi connectivity index (χ1) is 13.2. The van der Waals surface area contributed by atoms with Crippen LogP contribution in [-0.4, -0.2) is 69.7 Å². The lowest BCUT2D eigenvalue weighted by Crippen LogP contribution is -2.57. The van der Waals surface area contributed by atoms with Gasteiger partial charge in [0.1, 0.15) is 0 Å². The number of aliphatic imine (C=N–C) groups is 1. The van der Waals surface area contributed by atoms with Crippen LogP contribution in [0.4, 0.5) is 0 Å². The van der Waals surface area contributed by atoms with E-state index in [1.807, 2.05) is 36.9 Å². The maximum Gasteiger partial charge on any atom is 0.193 e. The van der Waals surface area contributed by atoms with Gasteiger partial charge in [-0.25, -0.2) is 8.42 Å². The van der Waals surface area contributed by atoms with E-state index in [4.69, 9.17) is 9.47 Å². The largest absolute Gasteiger partial charge is 0.490 e. The predicted octanol–water partition coefficient (Wildman–Crippen LogP) is 2.11. The Morgan fingerprint density at radius 2 is 1.89 bits per heavy atom. The van der Waals surface area contributed by atoms with E-state index in [-0.39, 0.29) is 5.75 Å². The molecule has 0 atom stereocenters. The average molecular weight is 412 g/mol. The first-order valence-corrected chi connectivity index (χ1v) is 11.5. The zero-order valence-corrected chi connectivity index (χ0v) is 18.4. The first-order valence-electron chi connectivity index (χ1n) is 9.80. The van der Waals surface area contributed by atoms with Crippen LogP contribution in [0.25, 0.3) is 0 Å². The normalized spacial score (nSPS) is 18.6. The van der Waals surface area contributed by atoms with Gasteiger partial charge in [0, 0.05) is 26.7 Å². The molecule has 1 aliphatic rings. The number of hydrogen-bond donors (Lipinski definition) is 1. The van der Waals surface area contributed by atoms with Gasteiger partial charge in [-0.2, -0.15) is 0 Å². The van der Waals surface area contributed by atoms with Gasteiger partial charge in [-0.15, -0.1) is 0 Å². The van der Waals surface area contributed by atoms with Gasteiger partial charge in [-0.1, -0.05) is 6.07 Å². The van der Waals surface area contributed by atoms with Crippen molar-refractivity contribution in [2.45, 2.75) is 38.9 Å². The van der Waals surface area contributed by atoms with Crippen LogP contribution >= 0.6 is 0 Å². The summed E-state index contributed by atoms with van der Waals surface area (Å²) in [5, 5.41) is 3.35. The van der Waals surface area contributed by atoms with E-state index in [0.29, 0.717) is 32.8 Å². The number of benzene rings is 1. The summed E-state index contributed by atoms with van der Waals surface area (Å²) in [6.45, 7) is 10.2. The van der Waals surface area contributed by atoms with Crippen molar-refractivity contribution < 1.29 is 17.9 Å². The van der Waals surface area contributed by atoms with Crippen LogP contribution in [-0.2, 0) is 16.3 Å². The summed E-state index contributed by atoms with van der Waals surface area (Å²) in [6.07, 6.45) is 0.793. The molecule has 0 amide bonds. The Balaban J connectivity index is 1.97. The maximum absolute atomic E-state index is 12.2. The molecule has 1 saturated heterocycles. The second-order valence-electron chi connectivity index (χ2n) is 7.37. The highest BCUT2D eigenvalue weighted by atomic mass is 32.2. The molecular weight excluding hydrogens is 378 g/mol. The minimum absolute atomic E-state index is 0.150. The van der Waals surface area contributed by atoms with Crippen molar-refractivity contribution in [1.82, 2.24) is 10.2 Å². The summed E-state index contributed by atoms with van der Waals surface area (Å²) in [6, 6.07) is 5.99. The second kappa shape index (κ2) is 9.49. The highest BCUT2D eigenvalue weighted by Gasteiger charge is 2.40. The van der Waals surface area contributed by atoms with Crippen molar-refractivity contribution in [1.29, 1.82) is 0 Å². The smallest absolute Gasteiger partial charge is 0.193 e. The Morgan fingerprint density at radius 1 is 1.21 bits per heavy atom. The zero-order chi connectivity index (χ0) is 20.8. The molecule has 0 unspecified atom stereocenters. The fourth-order valence-electron chi connectivity index (χ4n) is 3.23. The van der Waals surface area contributed by atoms with Crippen LogP contribution in [0.5, 0.6) is 11.5 Å². The molecule has 0 bridgehead atoms. The highest BCUT2D eigenvalue weighted by Crippen LogP contribution is 2.28. The van der Waals surface area contributed by atoms with Gasteiger partial charge < -0.3 is 19.7 Å². The van der Waals surface area contributed by atoms with Gasteiger partial charge in [0.25, 0.3) is 0 Å². The van der Waals surface area contributed by atoms with Crippen LogP contribution in [0.3, 0.4) is 0 Å². The molecule has 0 radical (unpaired) electrons. The van der Waals surface area contributed by atoms with Crippen LogP contribution in [0.2, 0.25) is 0 Å². The van der Waals surface area contributed by atoms with E-state index >= 15 is 0 Å². The molecule has 0 aliphatic carbocycles. The summed E-state index contributed by atoms with van der Waals surface area (Å²) >= 11 is 0. The number of rotatable bonds is 7. The third kappa shape index (κ3) is 5.31. The lowest BCUT2D eigenvalue weighted by molar-refractivity contribution is 0.287. The molecule has 158 valence electrons. The lowest BCUT2D eigenvalue weighted by atomic mass is 10.1. The van der Waals surface area contributed by atoms with Gasteiger partial charge in [-0.05, 0) is 51.8 Å². The maximum atomic E-state index is 12.2. The molecule has 1 N–H and O–H groups in total. The van der Waals surface area contributed by atoms with Crippen LogP contribution in [0, 0.1) is 0 Å². The molecular formula is C20H33N3O4S. The quantitative estimate of drug-likeness (QED) is 0.547. The highest BCUT2D eigenvalue weighted by molar-refractivity contribution is 7.92. The van der Waals surface area contributed by atoms with Crippen LogP contribution in [0.1, 0.15) is 33.3 Å². The van der Waals surface area contributed by atoms with Gasteiger partial charge in [-0.3, -0.25) is 4.99 Å². The molecule has 0 spiro atoms. The van der Waals surface area contributed by atoms with Crippen molar-refractivity contribution in [3.63, 3.8) is 0 Å². The second-order valence-corrected chi connectivity index (χ2v) is 10.1.